The Kier molecular flexibility index (Phi) is 9.31. The average Bonchev–Trinajstić information content (AvgIpc) is 3.19. The molecule has 42 heavy (non-hydrogen) atoms. The first-order chi connectivity index (χ1) is 20.1. The van der Waals surface area contributed by atoms with Crippen LogP contribution in [-0.4, -0.2) is 45.6 Å². The molecule has 0 fully saturated rings. The van der Waals surface area contributed by atoms with Crippen LogP contribution in [0.4, 0.5) is 17.1 Å². The second-order valence-electron chi connectivity index (χ2n) is 9.76. The van der Waals surface area contributed by atoms with Gasteiger partial charge in [0.2, 0.25) is 28.9 Å². The van der Waals surface area contributed by atoms with Gasteiger partial charge in [0.15, 0.2) is 11.5 Å². The lowest BCUT2D eigenvalue weighted by atomic mass is 9.95. The molecule has 3 amide bonds. The molecule has 0 spiro atoms. The molecule has 1 aliphatic carbocycles. The van der Waals surface area contributed by atoms with Gasteiger partial charge in [0, 0.05) is 30.8 Å². The summed E-state index contributed by atoms with van der Waals surface area (Å²) in [7, 11) is 4.60. The van der Waals surface area contributed by atoms with Crippen LogP contribution in [-0.2, 0) is 20.8 Å². The highest BCUT2D eigenvalue weighted by Crippen LogP contribution is 2.50. The van der Waals surface area contributed by atoms with Crippen LogP contribution < -0.4 is 40.9 Å². The van der Waals surface area contributed by atoms with Gasteiger partial charge in [-0.25, -0.2) is 0 Å². The van der Waals surface area contributed by atoms with Crippen LogP contribution in [0, 0.1) is 0 Å². The molecule has 1 atom stereocenters. The van der Waals surface area contributed by atoms with Gasteiger partial charge in [-0.1, -0.05) is 12.1 Å². The van der Waals surface area contributed by atoms with Gasteiger partial charge in [-0.05, 0) is 65.9 Å². The molecule has 220 valence electrons. The minimum Gasteiger partial charge on any atom is -0.493 e. The third kappa shape index (κ3) is 6.63. The van der Waals surface area contributed by atoms with Gasteiger partial charge in [0.25, 0.3) is 0 Å². The molecule has 4 rings (SSSR count). The van der Waals surface area contributed by atoms with Gasteiger partial charge in [-0.2, -0.15) is 0 Å². The van der Waals surface area contributed by atoms with Gasteiger partial charge >= 0.3 is 0 Å². The first-order valence-electron chi connectivity index (χ1n) is 13.3. The van der Waals surface area contributed by atoms with E-state index in [2.05, 4.69) is 21.3 Å². The topological polar surface area (TPSA) is 144 Å². The highest BCUT2D eigenvalue weighted by molar-refractivity contribution is 5.95. The maximum atomic E-state index is 13.4. The van der Waals surface area contributed by atoms with E-state index in [1.54, 1.807) is 43.5 Å². The Morgan fingerprint density at radius 1 is 0.857 bits per heavy atom. The van der Waals surface area contributed by atoms with Gasteiger partial charge in [0.05, 0.1) is 39.6 Å². The summed E-state index contributed by atoms with van der Waals surface area (Å²) in [5.74, 6) is 0.531. The Morgan fingerprint density at radius 3 is 2.21 bits per heavy atom. The summed E-state index contributed by atoms with van der Waals surface area (Å²) in [6.07, 6.45) is 1.11. The Balaban J connectivity index is 1.71. The molecule has 11 heteroatoms. The largest absolute Gasteiger partial charge is 0.493 e. The molecule has 1 unspecified atom stereocenters. The number of nitrogens with one attached hydrogen (secondary N) is 4. The van der Waals surface area contributed by atoms with Crippen molar-refractivity contribution >= 4 is 34.8 Å². The summed E-state index contributed by atoms with van der Waals surface area (Å²) in [5, 5.41) is 11.3. The number of anilines is 3. The zero-order valence-electron chi connectivity index (χ0n) is 24.2. The second kappa shape index (κ2) is 13.1. The van der Waals surface area contributed by atoms with Crippen LogP contribution in [0.1, 0.15) is 37.4 Å². The fourth-order valence-electron chi connectivity index (χ4n) is 5.11. The minimum absolute atomic E-state index is 0.186. The van der Waals surface area contributed by atoms with Crippen molar-refractivity contribution in [1.29, 1.82) is 0 Å². The smallest absolute Gasteiger partial charge is 0.243 e. The van der Waals surface area contributed by atoms with Crippen molar-refractivity contribution in [3.63, 3.8) is 0 Å². The Labute approximate surface area is 243 Å². The Hall–Kier alpha value is -5.06. The van der Waals surface area contributed by atoms with E-state index in [1.165, 1.54) is 34.1 Å². The predicted octanol–water partition coefficient (Wildman–Crippen LogP) is 3.87. The first-order valence-corrected chi connectivity index (χ1v) is 13.3. The van der Waals surface area contributed by atoms with Crippen molar-refractivity contribution in [2.24, 2.45) is 0 Å². The fraction of sp³-hybridized carbons (Fsp3) is 0.290. The molecule has 11 nitrogen and oxygen atoms in total. The van der Waals surface area contributed by atoms with E-state index in [0.29, 0.717) is 52.6 Å². The number of rotatable bonds is 9. The predicted molar refractivity (Wildman–Crippen MR) is 161 cm³/mol. The molecular formula is C31H34N4O7. The van der Waals surface area contributed by atoms with E-state index in [1.807, 2.05) is 6.07 Å². The van der Waals surface area contributed by atoms with Gasteiger partial charge in [-0.15, -0.1) is 0 Å². The highest BCUT2D eigenvalue weighted by Gasteiger charge is 2.29. The van der Waals surface area contributed by atoms with Gasteiger partial charge in [-0.3, -0.25) is 19.2 Å². The average molecular weight is 575 g/mol. The summed E-state index contributed by atoms with van der Waals surface area (Å²) in [6, 6.07) is 13.1. The lowest BCUT2D eigenvalue weighted by Gasteiger charge is -2.19. The molecule has 0 radical (unpaired) electrons. The number of amides is 3. The maximum absolute atomic E-state index is 13.4. The molecule has 3 aromatic carbocycles. The molecule has 1 aliphatic rings. The molecule has 0 saturated heterocycles. The van der Waals surface area contributed by atoms with Crippen molar-refractivity contribution in [3.05, 3.63) is 69.9 Å². The molecule has 3 aromatic rings. The van der Waals surface area contributed by atoms with Crippen molar-refractivity contribution in [2.45, 2.75) is 32.7 Å². The van der Waals surface area contributed by atoms with E-state index in [9.17, 15) is 19.2 Å². The second-order valence-corrected chi connectivity index (χ2v) is 9.76. The molecule has 0 bridgehead atoms. The Bertz CT molecular complexity index is 1590. The van der Waals surface area contributed by atoms with E-state index >= 15 is 0 Å². The SMILES string of the molecule is COc1cc2c(c(OC)c1OC)-c1ccc(NCC(=O)Nc3cccc(NC(C)=O)c3)c(=O)cc1C(NC(C)=O)CC2. The number of hydrogen-bond acceptors (Lipinski definition) is 8. The van der Waals surface area contributed by atoms with Crippen LogP contribution in [0.3, 0.4) is 0 Å². The molecule has 0 aliphatic heterocycles. The molecular weight excluding hydrogens is 540 g/mol. The fourth-order valence-corrected chi connectivity index (χ4v) is 5.11. The molecule has 0 saturated carbocycles. The van der Waals surface area contributed by atoms with Crippen molar-refractivity contribution in [2.75, 3.05) is 43.8 Å². The van der Waals surface area contributed by atoms with E-state index in [-0.39, 0.29) is 35.4 Å². The van der Waals surface area contributed by atoms with Crippen molar-refractivity contribution < 1.29 is 28.6 Å². The highest BCUT2D eigenvalue weighted by atomic mass is 16.5. The Morgan fingerprint density at radius 2 is 1.57 bits per heavy atom. The number of ether oxygens (including phenoxy) is 3. The third-order valence-electron chi connectivity index (χ3n) is 6.82. The summed E-state index contributed by atoms with van der Waals surface area (Å²) in [6.45, 7) is 2.65. The number of aryl methyl sites for hydroxylation is 1. The number of fused-ring (bicyclic) bond motifs is 3. The molecule has 4 N–H and O–H groups in total. The van der Waals surface area contributed by atoms with E-state index < -0.39 is 6.04 Å². The lowest BCUT2D eigenvalue weighted by Crippen LogP contribution is -2.27. The lowest BCUT2D eigenvalue weighted by molar-refractivity contribution is -0.120. The van der Waals surface area contributed by atoms with Crippen LogP contribution in [0.15, 0.2) is 53.3 Å². The van der Waals surface area contributed by atoms with Crippen LogP contribution in [0.2, 0.25) is 0 Å². The van der Waals surface area contributed by atoms with Gasteiger partial charge < -0.3 is 35.5 Å². The number of hydrogen-bond donors (Lipinski definition) is 4. The zero-order chi connectivity index (χ0) is 30.4. The van der Waals surface area contributed by atoms with E-state index in [0.717, 1.165) is 11.1 Å². The normalized spacial score (nSPS) is 13.4. The number of benzene rings is 2. The summed E-state index contributed by atoms with van der Waals surface area (Å²) >= 11 is 0. The quantitative estimate of drug-likeness (QED) is 0.302. The first kappa shape index (κ1) is 29.9. The number of carbonyl (C=O) groups is 3. The van der Waals surface area contributed by atoms with Crippen LogP contribution in [0.5, 0.6) is 17.2 Å². The summed E-state index contributed by atoms with van der Waals surface area (Å²) in [4.78, 5) is 49.6. The maximum Gasteiger partial charge on any atom is 0.243 e. The minimum atomic E-state index is -0.446. The summed E-state index contributed by atoms with van der Waals surface area (Å²) < 4.78 is 17.0. The molecule has 0 aromatic heterocycles. The standard InChI is InChI=1S/C31H34N4O7/c1-17(36)33-20-7-6-8-21(14-20)35-28(39)16-32-25-12-10-22-23(15-26(25)38)24(34-18(2)37)11-9-19-13-27(40-3)30(41-4)31(42-5)29(19)22/h6-8,10,12-15,24H,9,11,16H2,1-5H3,(H,32,38)(H,33,36)(H,34,37)(H,35,39). The van der Waals surface area contributed by atoms with Gasteiger partial charge in [0.1, 0.15) is 0 Å². The number of carbonyl (C=O) groups excluding carboxylic acids is 3. The van der Waals surface area contributed by atoms with E-state index in [4.69, 9.17) is 14.2 Å². The van der Waals surface area contributed by atoms with Crippen molar-refractivity contribution in [1.82, 2.24) is 5.32 Å². The zero-order valence-corrected chi connectivity index (χ0v) is 24.2. The van der Waals surface area contributed by atoms with Crippen LogP contribution in [0.25, 0.3) is 11.1 Å². The van der Waals surface area contributed by atoms with Crippen molar-refractivity contribution in [3.8, 4) is 28.4 Å². The number of methoxy groups -OCH3 is 3. The third-order valence-corrected chi connectivity index (χ3v) is 6.82. The summed E-state index contributed by atoms with van der Waals surface area (Å²) in [5.41, 5.74) is 3.83. The molecule has 0 heterocycles. The van der Waals surface area contributed by atoms with Crippen LogP contribution >= 0.6 is 0 Å². The monoisotopic (exact) mass is 574 g/mol.